The summed E-state index contributed by atoms with van der Waals surface area (Å²) in [6.07, 6.45) is 0.153. The van der Waals surface area contributed by atoms with E-state index >= 15 is 0 Å². The summed E-state index contributed by atoms with van der Waals surface area (Å²) >= 11 is 0. The summed E-state index contributed by atoms with van der Waals surface area (Å²) in [7, 11) is 0. The molecule has 0 saturated heterocycles. The lowest BCUT2D eigenvalue weighted by Gasteiger charge is -2.26. The molecule has 1 unspecified atom stereocenters. The number of aliphatic hydroxyl groups excluding tert-OH is 3. The van der Waals surface area contributed by atoms with E-state index in [1.165, 1.54) is 0 Å². The number of carbonyl (C=O) groups excluding carboxylic acids is 6. The highest BCUT2D eigenvalue weighted by Crippen LogP contribution is 2.09. The summed E-state index contributed by atoms with van der Waals surface area (Å²) in [5.74, 6) is -6.96. The van der Waals surface area contributed by atoms with Gasteiger partial charge in [0.25, 0.3) is 0 Å². The smallest absolute Gasteiger partial charge is 0.335 e. The maximum Gasteiger partial charge on any atom is 0.335 e. The van der Waals surface area contributed by atoms with Gasteiger partial charge < -0.3 is 53.2 Å². The number of nitrogens with zero attached hydrogens (tertiary/aromatic N) is 2. The molecule has 0 aliphatic heterocycles. The first-order valence-electron chi connectivity index (χ1n) is 16.9. The SMILES string of the molecule is CCCCCC(O)CC(=O)N(O)CCC[C@H](N)C(=O)N[C@@H](C(=O)N[C@@H](CO)C(=O)N[C@@H](CCCN(O)C=O)C(=O)NCCCCN)[C@@H](O)C(=O)O. The van der Waals surface area contributed by atoms with Crippen LogP contribution in [0.15, 0.2) is 0 Å². The van der Waals surface area contributed by atoms with E-state index in [2.05, 4.69) is 10.6 Å². The van der Waals surface area contributed by atoms with Crippen molar-refractivity contribution in [2.24, 2.45) is 11.5 Å². The molecule has 0 saturated carbocycles. The van der Waals surface area contributed by atoms with Crippen LogP contribution >= 0.6 is 0 Å². The molecule has 0 aromatic carbocycles. The van der Waals surface area contributed by atoms with Crippen LogP contribution in [-0.4, -0.2) is 152 Å². The van der Waals surface area contributed by atoms with Gasteiger partial charge in [0.2, 0.25) is 35.9 Å². The third-order valence-electron chi connectivity index (χ3n) is 7.59. The molecule has 0 aromatic heterocycles. The number of aliphatic carboxylic acids is 1. The minimum absolute atomic E-state index is 0.0267. The number of unbranched alkanes of at least 4 members (excludes halogenated alkanes) is 3. The molecule has 0 radical (unpaired) electrons. The third-order valence-corrected chi connectivity index (χ3v) is 7.59. The molecule has 0 aliphatic carbocycles. The standard InChI is InChI=1S/C30H56N8O13/c1-2-3-4-9-19(41)16-23(42)38(51)15-7-10-20(32)26(44)36-24(25(43)30(48)49)29(47)35-22(17-39)28(46)34-21(11-8-14-37(50)18-40)27(45)33-13-6-5-12-31/h18-22,24-25,39,41,43,50-51H,2-17,31-32H2,1H3,(H,33,45)(H,34,46)(H,35,47)(H,36,44)(H,48,49)/t19?,20-,21-,22-,24+,25+/m0/s1. The molecule has 0 aliphatic rings. The Morgan fingerprint density at radius 2 is 1.43 bits per heavy atom. The molecule has 0 aromatic rings. The number of rotatable bonds is 29. The van der Waals surface area contributed by atoms with Crippen LogP contribution < -0.4 is 32.7 Å². The number of hydroxylamine groups is 4. The highest BCUT2D eigenvalue weighted by Gasteiger charge is 2.37. The highest BCUT2D eigenvalue weighted by atomic mass is 16.5. The molecule has 0 bridgehead atoms. The van der Waals surface area contributed by atoms with Crippen molar-refractivity contribution < 1.29 is 64.4 Å². The fourth-order valence-electron chi connectivity index (χ4n) is 4.56. The highest BCUT2D eigenvalue weighted by molar-refractivity contribution is 5.97. The van der Waals surface area contributed by atoms with Gasteiger partial charge in [-0.05, 0) is 51.5 Å². The minimum atomic E-state index is -2.54. The molecular formula is C30H56N8O13. The predicted molar refractivity (Wildman–Crippen MR) is 177 cm³/mol. The molecule has 21 heteroatoms. The average Bonchev–Trinajstić information content (AvgIpc) is 3.09. The van der Waals surface area contributed by atoms with Gasteiger partial charge in [0, 0.05) is 19.6 Å². The van der Waals surface area contributed by atoms with Gasteiger partial charge in [-0.3, -0.25) is 39.2 Å². The first kappa shape index (κ1) is 47.0. The normalized spacial score (nSPS) is 14.5. The summed E-state index contributed by atoms with van der Waals surface area (Å²) in [6.45, 7) is 1.06. The molecule has 14 N–H and O–H groups in total. The van der Waals surface area contributed by atoms with Crippen LogP contribution in [0.1, 0.15) is 77.6 Å². The molecule has 21 nitrogen and oxygen atoms in total. The van der Waals surface area contributed by atoms with Crippen molar-refractivity contribution in [1.29, 1.82) is 0 Å². The molecule has 0 fully saturated rings. The van der Waals surface area contributed by atoms with E-state index in [0.29, 0.717) is 42.4 Å². The molecule has 0 spiro atoms. The summed E-state index contributed by atoms with van der Waals surface area (Å²) in [5, 5.41) is 68.3. The lowest BCUT2D eigenvalue weighted by molar-refractivity contribution is -0.167. The molecule has 0 rings (SSSR count). The fourth-order valence-corrected chi connectivity index (χ4v) is 4.56. The third kappa shape index (κ3) is 19.8. The van der Waals surface area contributed by atoms with Crippen LogP contribution in [0, 0.1) is 0 Å². The van der Waals surface area contributed by atoms with Crippen molar-refractivity contribution >= 4 is 41.9 Å². The van der Waals surface area contributed by atoms with Gasteiger partial charge in [-0.15, -0.1) is 0 Å². The number of amides is 6. The van der Waals surface area contributed by atoms with Crippen molar-refractivity contribution in [3.05, 3.63) is 0 Å². The van der Waals surface area contributed by atoms with Crippen LogP contribution in [0.25, 0.3) is 0 Å². The molecule has 294 valence electrons. The number of nitrogens with one attached hydrogen (secondary N) is 4. The number of aliphatic hydroxyl groups is 3. The van der Waals surface area contributed by atoms with E-state index in [1.54, 1.807) is 0 Å². The Labute approximate surface area is 296 Å². The average molecular weight is 737 g/mol. The molecular weight excluding hydrogens is 680 g/mol. The zero-order chi connectivity index (χ0) is 38.9. The Kier molecular flexibility index (Phi) is 24.7. The zero-order valence-electron chi connectivity index (χ0n) is 28.9. The van der Waals surface area contributed by atoms with Gasteiger partial charge in [0.15, 0.2) is 6.10 Å². The number of nitrogens with two attached hydrogens (primary N) is 2. The summed E-state index contributed by atoms with van der Waals surface area (Å²) in [5.41, 5.74) is 11.3. The van der Waals surface area contributed by atoms with Gasteiger partial charge in [-0.25, -0.2) is 14.9 Å². The van der Waals surface area contributed by atoms with Crippen molar-refractivity contribution in [3.8, 4) is 0 Å². The Hall–Kier alpha value is -3.99. The van der Waals surface area contributed by atoms with Crippen molar-refractivity contribution in [1.82, 2.24) is 31.4 Å². The summed E-state index contributed by atoms with van der Waals surface area (Å²) in [4.78, 5) is 85.9. The molecule has 0 heterocycles. The van der Waals surface area contributed by atoms with E-state index in [4.69, 9.17) is 11.5 Å². The molecule has 51 heavy (non-hydrogen) atoms. The first-order valence-corrected chi connectivity index (χ1v) is 16.9. The van der Waals surface area contributed by atoms with Crippen LogP contribution in [0.5, 0.6) is 0 Å². The number of carboxylic acid groups (broad SMARTS) is 1. The van der Waals surface area contributed by atoms with E-state index < -0.39 is 78.5 Å². The predicted octanol–water partition coefficient (Wildman–Crippen LogP) is -3.98. The van der Waals surface area contributed by atoms with Crippen LogP contribution in [-0.2, 0) is 33.6 Å². The van der Waals surface area contributed by atoms with Crippen LogP contribution in [0.4, 0.5) is 0 Å². The number of carbonyl (C=O) groups is 7. The second-order valence-electron chi connectivity index (χ2n) is 11.9. The zero-order valence-corrected chi connectivity index (χ0v) is 28.9. The topological polar surface area (TPSA) is 348 Å². The summed E-state index contributed by atoms with van der Waals surface area (Å²) < 4.78 is 0. The Balaban J connectivity index is 5.43. The lowest BCUT2D eigenvalue weighted by atomic mass is 10.1. The van der Waals surface area contributed by atoms with Crippen molar-refractivity contribution in [2.45, 2.75) is 114 Å². The molecule has 6 atom stereocenters. The Bertz CT molecular complexity index is 1100. The fraction of sp³-hybridized carbons (Fsp3) is 0.767. The number of carboxylic acids is 1. The second-order valence-corrected chi connectivity index (χ2v) is 11.9. The maximum atomic E-state index is 13.0. The largest absolute Gasteiger partial charge is 0.479 e. The van der Waals surface area contributed by atoms with Crippen molar-refractivity contribution in [3.63, 3.8) is 0 Å². The van der Waals surface area contributed by atoms with Crippen LogP contribution in [0.3, 0.4) is 0 Å². The Morgan fingerprint density at radius 3 is 2.02 bits per heavy atom. The maximum absolute atomic E-state index is 13.0. The summed E-state index contributed by atoms with van der Waals surface area (Å²) in [6, 6.07) is -6.70. The van der Waals surface area contributed by atoms with Gasteiger partial charge in [-0.1, -0.05) is 26.2 Å². The second kappa shape index (κ2) is 26.8. The van der Waals surface area contributed by atoms with Gasteiger partial charge >= 0.3 is 5.97 Å². The van der Waals surface area contributed by atoms with Crippen molar-refractivity contribution in [2.75, 3.05) is 32.8 Å². The Morgan fingerprint density at radius 1 is 0.784 bits per heavy atom. The van der Waals surface area contributed by atoms with E-state index in [0.717, 1.165) is 12.8 Å². The van der Waals surface area contributed by atoms with Gasteiger partial charge in [-0.2, -0.15) is 0 Å². The van der Waals surface area contributed by atoms with E-state index in [-0.39, 0.29) is 58.1 Å². The monoisotopic (exact) mass is 736 g/mol. The van der Waals surface area contributed by atoms with E-state index in [9.17, 15) is 64.4 Å². The minimum Gasteiger partial charge on any atom is -0.479 e. The quantitative estimate of drug-likeness (QED) is 0.0151. The van der Waals surface area contributed by atoms with Gasteiger partial charge in [0.05, 0.1) is 25.2 Å². The van der Waals surface area contributed by atoms with Crippen LogP contribution in [0.2, 0.25) is 0 Å². The van der Waals surface area contributed by atoms with E-state index in [1.807, 2.05) is 17.6 Å². The molecule has 6 amide bonds. The van der Waals surface area contributed by atoms with Gasteiger partial charge in [0.1, 0.15) is 18.1 Å². The first-order chi connectivity index (χ1) is 24.1. The number of hydrogen-bond acceptors (Lipinski definition) is 14. The number of hydrogen-bond donors (Lipinski definition) is 12. The lowest BCUT2D eigenvalue weighted by Crippen LogP contribution is -2.62.